The summed E-state index contributed by atoms with van der Waals surface area (Å²) in [4.78, 5) is 44.6. The lowest BCUT2D eigenvalue weighted by Crippen LogP contribution is -2.31. The molecular weight excluding hydrogens is 468 g/mol. The van der Waals surface area contributed by atoms with Crippen molar-refractivity contribution in [2.45, 2.75) is 38.8 Å². The summed E-state index contributed by atoms with van der Waals surface area (Å²) in [7, 11) is 3.26. The van der Waals surface area contributed by atoms with Gasteiger partial charge in [0.25, 0.3) is 11.5 Å². The zero-order valence-corrected chi connectivity index (χ0v) is 20.7. The molecule has 0 saturated heterocycles. The molecule has 0 unspecified atom stereocenters. The number of hydrogen-bond donors (Lipinski definition) is 3. The van der Waals surface area contributed by atoms with E-state index in [-0.39, 0.29) is 29.8 Å². The second-order valence-corrected chi connectivity index (χ2v) is 9.59. The van der Waals surface area contributed by atoms with E-state index in [0.29, 0.717) is 35.1 Å². The number of ether oxygens (including phenoxy) is 2. The number of aromatic nitrogens is 2. The zero-order chi connectivity index (χ0) is 24.8. The van der Waals surface area contributed by atoms with Gasteiger partial charge in [-0.1, -0.05) is 12.1 Å². The minimum absolute atomic E-state index is 0.0207. The van der Waals surface area contributed by atoms with Crippen molar-refractivity contribution in [2.24, 2.45) is 11.8 Å². The molecule has 35 heavy (non-hydrogen) atoms. The minimum atomic E-state index is -0.453. The molecule has 1 saturated carbocycles. The smallest absolute Gasteiger partial charge is 0.287 e. The van der Waals surface area contributed by atoms with Crippen LogP contribution in [0.4, 0.5) is 0 Å². The Kier molecular flexibility index (Phi) is 8.14. The van der Waals surface area contributed by atoms with E-state index in [1.54, 1.807) is 14.2 Å². The normalized spacial score (nSPS) is 17.8. The molecule has 3 N–H and O–H groups in total. The van der Waals surface area contributed by atoms with E-state index in [1.807, 2.05) is 29.6 Å². The van der Waals surface area contributed by atoms with Gasteiger partial charge in [0.2, 0.25) is 11.7 Å². The predicted octanol–water partition coefficient (Wildman–Crippen LogP) is 2.99. The quantitative estimate of drug-likeness (QED) is 0.417. The first kappa shape index (κ1) is 24.9. The number of fused-ring (bicyclic) bond motifs is 1. The highest BCUT2D eigenvalue weighted by molar-refractivity contribution is 7.16. The summed E-state index contributed by atoms with van der Waals surface area (Å²) in [6.45, 7) is 1.18. The van der Waals surface area contributed by atoms with Gasteiger partial charge in [-0.2, -0.15) is 0 Å². The summed E-state index contributed by atoms with van der Waals surface area (Å²) in [5.74, 6) is 0.863. The molecule has 0 radical (unpaired) electrons. The van der Waals surface area contributed by atoms with Crippen LogP contribution in [0.5, 0.6) is 5.75 Å². The van der Waals surface area contributed by atoms with Crippen molar-refractivity contribution >= 4 is 33.4 Å². The molecule has 0 atom stereocenters. The molecule has 0 bridgehead atoms. The van der Waals surface area contributed by atoms with Crippen molar-refractivity contribution in [1.29, 1.82) is 0 Å². The molecule has 10 heteroatoms. The maximum absolute atomic E-state index is 12.8. The first-order chi connectivity index (χ1) is 17.0. The number of thiophene rings is 1. The van der Waals surface area contributed by atoms with Crippen LogP contribution in [-0.2, 0) is 22.7 Å². The van der Waals surface area contributed by atoms with Gasteiger partial charge in [-0.25, -0.2) is 4.98 Å². The number of carbonyl (C=O) groups excluding carboxylic acids is 2. The Balaban J connectivity index is 1.33. The molecule has 2 amide bonds. The summed E-state index contributed by atoms with van der Waals surface area (Å²) in [6, 6.07) is 7.38. The Labute approximate surface area is 207 Å². The summed E-state index contributed by atoms with van der Waals surface area (Å²) >= 11 is 1.32. The van der Waals surface area contributed by atoms with E-state index in [2.05, 4.69) is 20.6 Å². The highest BCUT2D eigenvalue weighted by atomic mass is 32.1. The molecule has 2 aromatic heterocycles. The number of nitrogens with one attached hydrogen (secondary N) is 3. The molecule has 2 heterocycles. The number of amides is 2. The molecule has 9 nitrogen and oxygen atoms in total. The number of methoxy groups -OCH3 is 1. The molecule has 1 aliphatic carbocycles. The van der Waals surface area contributed by atoms with Crippen LogP contribution in [0.2, 0.25) is 0 Å². The molecule has 1 aromatic carbocycles. The summed E-state index contributed by atoms with van der Waals surface area (Å²) in [5, 5.41) is 7.82. The second kappa shape index (κ2) is 11.5. The molecule has 0 aliphatic heterocycles. The molecule has 186 valence electrons. The third-order valence-electron chi connectivity index (χ3n) is 6.40. The van der Waals surface area contributed by atoms with E-state index in [4.69, 9.17) is 9.47 Å². The van der Waals surface area contributed by atoms with Gasteiger partial charge in [0.1, 0.15) is 10.6 Å². The molecular formula is C25H30N4O5S. The van der Waals surface area contributed by atoms with Crippen LogP contribution in [0.25, 0.3) is 10.2 Å². The van der Waals surface area contributed by atoms with E-state index < -0.39 is 5.91 Å². The van der Waals surface area contributed by atoms with Gasteiger partial charge in [0.15, 0.2) is 0 Å². The molecule has 3 aromatic rings. The topological polar surface area (TPSA) is 122 Å². The van der Waals surface area contributed by atoms with E-state index in [0.717, 1.165) is 36.8 Å². The number of benzene rings is 1. The van der Waals surface area contributed by atoms with Gasteiger partial charge in [0, 0.05) is 31.7 Å². The van der Waals surface area contributed by atoms with Crippen molar-refractivity contribution in [2.75, 3.05) is 20.8 Å². The molecule has 1 aliphatic rings. The number of nitrogens with zero attached hydrogens (tertiary/aromatic N) is 1. The number of carbonyl (C=O) groups is 2. The van der Waals surface area contributed by atoms with Crippen LogP contribution in [-0.4, -0.2) is 42.5 Å². The van der Waals surface area contributed by atoms with Gasteiger partial charge < -0.3 is 25.1 Å². The summed E-state index contributed by atoms with van der Waals surface area (Å²) in [5.41, 5.74) is 1.28. The summed E-state index contributed by atoms with van der Waals surface area (Å²) in [6.07, 6.45) is 3.67. The fourth-order valence-electron chi connectivity index (χ4n) is 4.40. The van der Waals surface area contributed by atoms with Crippen LogP contribution in [0.3, 0.4) is 0 Å². The van der Waals surface area contributed by atoms with E-state index >= 15 is 0 Å². The third-order valence-corrected chi connectivity index (χ3v) is 7.32. The number of rotatable bonds is 9. The minimum Gasteiger partial charge on any atom is -0.497 e. The Hall–Kier alpha value is -3.24. The first-order valence-corrected chi connectivity index (χ1v) is 12.6. The lowest BCUT2D eigenvalue weighted by Gasteiger charge is -2.27. The van der Waals surface area contributed by atoms with Crippen LogP contribution in [0.15, 0.2) is 34.4 Å². The number of aromatic amines is 1. The lowest BCUT2D eigenvalue weighted by atomic mass is 9.82. The van der Waals surface area contributed by atoms with Gasteiger partial charge in [0.05, 0.1) is 19.1 Å². The maximum atomic E-state index is 12.8. The zero-order valence-electron chi connectivity index (χ0n) is 19.9. The Morgan fingerprint density at radius 1 is 1.23 bits per heavy atom. The Bertz CT molecular complexity index is 1250. The SMILES string of the molecule is CNC(=O)C1CCC(COCc2csc3nc(C(=O)NCc4cccc(OC)c4)[nH]c(=O)c23)CC1. The average molecular weight is 499 g/mol. The Morgan fingerprint density at radius 3 is 2.77 bits per heavy atom. The second-order valence-electron chi connectivity index (χ2n) is 8.74. The van der Waals surface area contributed by atoms with Gasteiger partial charge in [-0.05, 0) is 54.7 Å². The largest absolute Gasteiger partial charge is 0.497 e. The monoisotopic (exact) mass is 498 g/mol. The lowest BCUT2D eigenvalue weighted by molar-refractivity contribution is -0.125. The fourth-order valence-corrected chi connectivity index (χ4v) is 5.33. The number of H-pyrrole nitrogens is 1. The van der Waals surface area contributed by atoms with Gasteiger partial charge in [-0.3, -0.25) is 14.4 Å². The molecule has 4 rings (SSSR count). The first-order valence-electron chi connectivity index (χ1n) is 11.7. The average Bonchev–Trinajstić information content (AvgIpc) is 3.30. The van der Waals surface area contributed by atoms with Crippen LogP contribution in [0, 0.1) is 11.8 Å². The third kappa shape index (κ3) is 6.07. The van der Waals surface area contributed by atoms with Crippen LogP contribution >= 0.6 is 11.3 Å². The van der Waals surface area contributed by atoms with Gasteiger partial charge in [-0.15, -0.1) is 11.3 Å². The molecule has 0 spiro atoms. The highest BCUT2D eigenvalue weighted by Crippen LogP contribution is 2.29. The molecule has 1 fully saturated rings. The van der Waals surface area contributed by atoms with Crippen molar-refractivity contribution < 1.29 is 19.1 Å². The standard InChI is InChI=1S/C25H30N4O5S/c1-26-22(30)17-8-6-15(7-9-17)12-34-13-18-14-35-25-20(18)23(31)28-21(29-25)24(32)27-11-16-4-3-5-19(10-16)33-2/h3-5,10,14-15,17H,6-9,11-13H2,1-2H3,(H,26,30)(H,27,32)(H,28,29,31). The summed E-state index contributed by atoms with van der Waals surface area (Å²) < 4.78 is 11.1. The van der Waals surface area contributed by atoms with E-state index in [1.165, 1.54) is 11.3 Å². The predicted molar refractivity (Wildman–Crippen MR) is 134 cm³/mol. The van der Waals surface area contributed by atoms with Crippen LogP contribution < -0.4 is 20.9 Å². The van der Waals surface area contributed by atoms with Crippen molar-refractivity contribution in [1.82, 2.24) is 20.6 Å². The van der Waals surface area contributed by atoms with Crippen LogP contribution in [0.1, 0.15) is 47.4 Å². The Morgan fingerprint density at radius 2 is 2.03 bits per heavy atom. The maximum Gasteiger partial charge on any atom is 0.287 e. The number of hydrogen-bond acceptors (Lipinski definition) is 7. The van der Waals surface area contributed by atoms with Crippen molar-refractivity contribution in [3.63, 3.8) is 0 Å². The fraction of sp³-hybridized carbons (Fsp3) is 0.440. The highest BCUT2D eigenvalue weighted by Gasteiger charge is 2.25. The van der Waals surface area contributed by atoms with Gasteiger partial charge >= 0.3 is 0 Å². The van der Waals surface area contributed by atoms with E-state index in [9.17, 15) is 14.4 Å². The van der Waals surface area contributed by atoms with Crippen molar-refractivity contribution in [3.05, 3.63) is 57.0 Å². The van der Waals surface area contributed by atoms with Crippen molar-refractivity contribution in [3.8, 4) is 5.75 Å².